The van der Waals surface area contributed by atoms with Crippen molar-refractivity contribution in [2.24, 2.45) is 5.73 Å². The fourth-order valence-electron chi connectivity index (χ4n) is 3.77. The molecule has 3 rings (SSSR count). The van der Waals surface area contributed by atoms with Crippen LogP contribution in [0.15, 0.2) is 16.9 Å². The van der Waals surface area contributed by atoms with E-state index in [0.717, 1.165) is 24.1 Å². The first-order valence-corrected chi connectivity index (χ1v) is 10.2. The molecule has 156 valence electrons. The van der Waals surface area contributed by atoms with E-state index in [2.05, 4.69) is 9.97 Å². The molecular formula is C20H24Cl2N4O3. The first-order valence-electron chi connectivity index (χ1n) is 9.40. The number of amides is 1. The zero-order valence-corrected chi connectivity index (χ0v) is 18.1. The smallest absolute Gasteiger partial charge is 0.268 e. The topological polar surface area (TPSA) is 101 Å². The number of primary amides is 1. The van der Waals surface area contributed by atoms with Gasteiger partial charge in [0, 0.05) is 36.5 Å². The van der Waals surface area contributed by atoms with E-state index in [9.17, 15) is 9.59 Å². The van der Waals surface area contributed by atoms with Crippen molar-refractivity contribution in [3.8, 4) is 0 Å². The molecule has 0 radical (unpaired) electrons. The maximum atomic E-state index is 12.6. The Morgan fingerprint density at radius 3 is 2.72 bits per heavy atom. The number of aromatic amines is 1. The van der Waals surface area contributed by atoms with Gasteiger partial charge in [0.2, 0.25) is 0 Å². The summed E-state index contributed by atoms with van der Waals surface area (Å²) >= 11 is 12.7. The molecule has 7 nitrogen and oxygen atoms in total. The number of nitrogens with one attached hydrogen (secondary N) is 1. The standard InChI is InChI=1S/C20H24Cl2N4O3/c1-10-6-11(2)24-20(28)14(10)9-26(13-4-5-29-12(3)7-13)15-8-16(21)25-18(17(15)22)19(23)27/h6,8,12-13H,4-5,7,9H2,1-3H3,(H2,23,27)(H,24,28). The van der Waals surface area contributed by atoms with Crippen molar-refractivity contribution in [1.82, 2.24) is 9.97 Å². The van der Waals surface area contributed by atoms with Crippen LogP contribution < -0.4 is 16.2 Å². The van der Waals surface area contributed by atoms with E-state index >= 15 is 0 Å². The maximum absolute atomic E-state index is 12.6. The quantitative estimate of drug-likeness (QED) is 0.696. The zero-order valence-electron chi connectivity index (χ0n) is 16.6. The van der Waals surface area contributed by atoms with Crippen LogP contribution in [0.1, 0.15) is 47.1 Å². The van der Waals surface area contributed by atoms with Crippen LogP contribution in [0.25, 0.3) is 0 Å². The Bertz CT molecular complexity index is 992. The molecule has 0 aliphatic carbocycles. The number of anilines is 1. The van der Waals surface area contributed by atoms with Gasteiger partial charge in [-0.3, -0.25) is 9.59 Å². The Hall–Kier alpha value is -2.09. The largest absolute Gasteiger partial charge is 0.378 e. The summed E-state index contributed by atoms with van der Waals surface area (Å²) in [7, 11) is 0. The normalized spacial score (nSPS) is 19.2. The minimum atomic E-state index is -0.761. The van der Waals surface area contributed by atoms with Gasteiger partial charge in [-0.1, -0.05) is 23.2 Å². The third kappa shape index (κ3) is 4.74. The van der Waals surface area contributed by atoms with E-state index in [1.807, 2.05) is 31.7 Å². The summed E-state index contributed by atoms with van der Waals surface area (Å²) in [5.41, 5.74) is 8.01. The van der Waals surface area contributed by atoms with Gasteiger partial charge in [-0.15, -0.1) is 0 Å². The molecule has 3 N–H and O–H groups in total. The molecule has 2 aromatic heterocycles. The molecule has 3 heterocycles. The summed E-state index contributed by atoms with van der Waals surface area (Å²) in [6.45, 7) is 6.64. The summed E-state index contributed by atoms with van der Waals surface area (Å²) in [5.74, 6) is -0.761. The number of pyridine rings is 2. The summed E-state index contributed by atoms with van der Waals surface area (Å²) < 4.78 is 5.68. The van der Waals surface area contributed by atoms with Crippen LogP contribution in [0, 0.1) is 13.8 Å². The third-order valence-electron chi connectivity index (χ3n) is 5.17. The SMILES string of the molecule is Cc1cc(C)c(CN(c2cc(Cl)nc(C(N)=O)c2Cl)C2CCOC(C)C2)c(=O)[nH]1. The summed E-state index contributed by atoms with van der Waals surface area (Å²) in [5, 5.41) is 0.236. The molecule has 29 heavy (non-hydrogen) atoms. The Kier molecular flexibility index (Phi) is 6.51. The molecule has 1 aliphatic heterocycles. The van der Waals surface area contributed by atoms with Crippen molar-refractivity contribution in [3.05, 3.63) is 55.2 Å². The Morgan fingerprint density at radius 1 is 1.38 bits per heavy atom. The summed E-state index contributed by atoms with van der Waals surface area (Å²) in [6, 6.07) is 3.57. The lowest BCUT2D eigenvalue weighted by atomic mass is 10.00. The number of aromatic nitrogens is 2. The van der Waals surface area contributed by atoms with Gasteiger partial charge >= 0.3 is 0 Å². The first-order chi connectivity index (χ1) is 13.7. The molecule has 2 unspecified atom stereocenters. The number of hydrogen-bond acceptors (Lipinski definition) is 5. The van der Waals surface area contributed by atoms with Crippen LogP contribution in [0.5, 0.6) is 0 Å². The van der Waals surface area contributed by atoms with Crippen LogP contribution in [0.4, 0.5) is 5.69 Å². The second kappa shape index (κ2) is 8.73. The van der Waals surface area contributed by atoms with Gasteiger partial charge in [-0.25, -0.2) is 4.98 Å². The van der Waals surface area contributed by atoms with E-state index in [1.165, 1.54) is 0 Å². The van der Waals surface area contributed by atoms with E-state index < -0.39 is 5.91 Å². The molecule has 0 aromatic carbocycles. The number of rotatable bonds is 5. The predicted octanol–water partition coefficient (Wildman–Crippen LogP) is 3.37. The Labute approximate surface area is 179 Å². The third-order valence-corrected chi connectivity index (χ3v) is 5.74. The van der Waals surface area contributed by atoms with Gasteiger partial charge in [0.1, 0.15) is 10.8 Å². The minimum Gasteiger partial charge on any atom is -0.378 e. The highest BCUT2D eigenvalue weighted by atomic mass is 35.5. The number of halogens is 2. The number of aryl methyl sites for hydroxylation is 2. The van der Waals surface area contributed by atoms with Crippen LogP contribution >= 0.6 is 23.2 Å². The molecular weight excluding hydrogens is 415 g/mol. The minimum absolute atomic E-state index is 0.0375. The van der Waals surface area contributed by atoms with Gasteiger partial charge < -0.3 is 20.4 Å². The fraction of sp³-hybridized carbons (Fsp3) is 0.450. The monoisotopic (exact) mass is 438 g/mol. The highest BCUT2D eigenvalue weighted by molar-refractivity contribution is 6.37. The molecule has 1 amide bonds. The first kappa shape index (κ1) is 21.6. The lowest BCUT2D eigenvalue weighted by Crippen LogP contribution is -2.43. The molecule has 0 saturated carbocycles. The van der Waals surface area contributed by atoms with Crippen molar-refractivity contribution in [2.75, 3.05) is 11.5 Å². The van der Waals surface area contributed by atoms with E-state index in [1.54, 1.807) is 6.07 Å². The van der Waals surface area contributed by atoms with Crippen LogP contribution in [-0.4, -0.2) is 34.6 Å². The number of nitrogens with zero attached hydrogens (tertiary/aromatic N) is 2. The van der Waals surface area contributed by atoms with E-state index in [0.29, 0.717) is 24.4 Å². The number of carbonyl (C=O) groups is 1. The summed E-state index contributed by atoms with van der Waals surface area (Å²) in [6.07, 6.45) is 1.54. The molecule has 1 saturated heterocycles. The number of hydrogen-bond donors (Lipinski definition) is 2. The van der Waals surface area contributed by atoms with E-state index in [-0.39, 0.29) is 33.6 Å². The second-order valence-corrected chi connectivity index (χ2v) is 8.19. The van der Waals surface area contributed by atoms with Crippen LogP contribution in [0.2, 0.25) is 10.2 Å². The lowest BCUT2D eigenvalue weighted by molar-refractivity contribution is 0.0182. The van der Waals surface area contributed by atoms with Crippen LogP contribution in [0.3, 0.4) is 0 Å². The fourth-order valence-corrected chi connectivity index (χ4v) is 4.26. The number of nitrogens with two attached hydrogens (primary N) is 1. The van der Waals surface area contributed by atoms with Gasteiger partial charge in [0.15, 0.2) is 0 Å². The number of H-pyrrole nitrogens is 1. The van der Waals surface area contributed by atoms with Gasteiger partial charge in [0.05, 0.1) is 16.8 Å². The average molecular weight is 439 g/mol. The van der Waals surface area contributed by atoms with Gasteiger partial charge in [-0.2, -0.15) is 0 Å². The zero-order chi connectivity index (χ0) is 21.3. The molecule has 9 heteroatoms. The Morgan fingerprint density at radius 2 is 2.10 bits per heavy atom. The molecule has 2 aromatic rings. The highest BCUT2D eigenvalue weighted by Crippen LogP contribution is 2.35. The van der Waals surface area contributed by atoms with Crippen molar-refractivity contribution in [3.63, 3.8) is 0 Å². The van der Waals surface area contributed by atoms with Crippen molar-refractivity contribution >= 4 is 34.8 Å². The maximum Gasteiger partial charge on any atom is 0.268 e. The predicted molar refractivity (Wildman–Crippen MR) is 114 cm³/mol. The highest BCUT2D eigenvalue weighted by Gasteiger charge is 2.29. The van der Waals surface area contributed by atoms with Crippen LogP contribution in [-0.2, 0) is 11.3 Å². The second-order valence-electron chi connectivity index (χ2n) is 7.42. The van der Waals surface area contributed by atoms with Crippen molar-refractivity contribution in [2.45, 2.75) is 52.3 Å². The van der Waals surface area contributed by atoms with Gasteiger partial charge in [-0.05, 0) is 45.2 Å². The molecule has 1 fully saturated rings. The molecule has 0 bridgehead atoms. The Balaban J connectivity index is 2.13. The summed E-state index contributed by atoms with van der Waals surface area (Å²) in [4.78, 5) is 33.3. The molecule has 2 atom stereocenters. The molecule has 1 aliphatic rings. The lowest BCUT2D eigenvalue weighted by Gasteiger charge is -2.39. The van der Waals surface area contributed by atoms with E-state index in [4.69, 9.17) is 33.7 Å². The van der Waals surface area contributed by atoms with Gasteiger partial charge in [0.25, 0.3) is 11.5 Å². The van der Waals surface area contributed by atoms with Crippen molar-refractivity contribution < 1.29 is 9.53 Å². The van der Waals surface area contributed by atoms with Crippen molar-refractivity contribution in [1.29, 1.82) is 0 Å². The molecule has 0 spiro atoms. The number of carbonyl (C=O) groups excluding carboxylic acids is 1. The average Bonchev–Trinajstić information content (AvgIpc) is 2.63. The number of ether oxygens (including phenoxy) is 1.